The minimum absolute atomic E-state index is 0.0374. The molecule has 2 aromatic carbocycles. The third-order valence-corrected chi connectivity index (χ3v) is 4.58. The third kappa shape index (κ3) is 3.15. The number of aromatic hydroxyl groups is 1. The summed E-state index contributed by atoms with van der Waals surface area (Å²) < 4.78 is 10.9. The van der Waals surface area contributed by atoms with Crippen molar-refractivity contribution in [3.8, 4) is 22.9 Å². The second-order valence-electron chi connectivity index (χ2n) is 6.29. The predicted octanol–water partition coefficient (Wildman–Crippen LogP) is 3.60. The summed E-state index contributed by atoms with van der Waals surface area (Å²) in [5.41, 5.74) is 1.35. The first-order valence-electron chi connectivity index (χ1n) is 8.75. The van der Waals surface area contributed by atoms with E-state index in [4.69, 9.17) is 9.47 Å². The monoisotopic (exact) mass is 351 g/mol. The highest BCUT2D eigenvalue weighted by atomic mass is 16.5. The third-order valence-electron chi connectivity index (χ3n) is 4.58. The SMILES string of the molecule is COc1cccc(-c2nc(NC[C@H]3CCCO3)c3ccccc3n2)c1O. The highest BCUT2D eigenvalue weighted by Gasteiger charge is 2.18. The van der Waals surface area contributed by atoms with Gasteiger partial charge >= 0.3 is 0 Å². The molecule has 4 rings (SSSR count). The molecule has 1 atom stereocenters. The number of nitrogens with one attached hydrogen (secondary N) is 1. The summed E-state index contributed by atoms with van der Waals surface area (Å²) >= 11 is 0. The van der Waals surface area contributed by atoms with Crippen molar-refractivity contribution >= 4 is 16.7 Å². The molecule has 0 spiro atoms. The van der Waals surface area contributed by atoms with Crippen LogP contribution in [-0.4, -0.2) is 41.4 Å². The fourth-order valence-corrected chi connectivity index (χ4v) is 3.22. The lowest BCUT2D eigenvalue weighted by molar-refractivity contribution is 0.120. The summed E-state index contributed by atoms with van der Waals surface area (Å²) in [5.74, 6) is 1.63. The van der Waals surface area contributed by atoms with Gasteiger partial charge in [-0.05, 0) is 37.1 Å². The Hall–Kier alpha value is -2.86. The fraction of sp³-hybridized carbons (Fsp3) is 0.300. The van der Waals surface area contributed by atoms with Gasteiger partial charge in [0.25, 0.3) is 0 Å². The van der Waals surface area contributed by atoms with Crippen molar-refractivity contribution in [2.75, 3.05) is 25.6 Å². The Morgan fingerprint density at radius 1 is 1.19 bits per heavy atom. The van der Waals surface area contributed by atoms with Crippen LogP contribution >= 0.6 is 0 Å². The van der Waals surface area contributed by atoms with Gasteiger partial charge in [0.2, 0.25) is 0 Å². The van der Waals surface area contributed by atoms with Gasteiger partial charge in [0.1, 0.15) is 5.82 Å². The molecule has 1 saturated heterocycles. The number of aromatic nitrogens is 2. The summed E-state index contributed by atoms with van der Waals surface area (Å²) in [4.78, 5) is 9.30. The second kappa shape index (κ2) is 7.17. The lowest BCUT2D eigenvalue weighted by atomic mass is 10.1. The molecule has 26 heavy (non-hydrogen) atoms. The maximum atomic E-state index is 10.5. The minimum Gasteiger partial charge on any atom is -0.504 e. The van der Waals surface area contributed by atoms with Crippen LogP contribution in [0.1, 0.15) is 12.8 Å². The predicted molar refractivity (Wildman–Crippen MR) is 101 cm³/mol. The average Bonchev–Trinajstić information content (AvgIpc) is 3.19. The van der Waals surface area contributed by atoms with E-state index in [0.29, 0.717) is 23.7 Å². The van der Waals surface area contributed by atoms with Crippen molar-refractivity contribution in [2.45, 2.75) is 18.9 Å². The van der Waals surface area contributed by atoms with Gasteiger partial charge < -0.3 is 19.9 Å². The topological polar surface area (TPSA) is 76.5 Å². The summed E-state index contributed by atoms with van der Waals surface area (Å²) in [6, 6.07) is 13.1. The molecule has 2 N–H and O–H groups in total. The highest BCUT2D eigenvalue weighted by Crippen LogP contribution is 2.36. The first kappa shape index (κ1) is 16.6. The van der Waals surface area contributed by atoms with Gasteiger partial charge in [-0.3, -0.25) is 0 Å². The van der Waals surface area contributed by atoms with Gasteiger partial charge in [0.15, 0.2) is 17.3 Å². The van der Waals surface area contributed by atoms with E-state index in [1.54, 1.807) is 12.1 Å². The normalized spacial score (nSPS) is 16.7. The Morgan fingerprint density at radius 2 is 2.08 bits per heavy atom. The maximum absolute atomic E-state index is 10.5. The minimum atomic E-state index is 0.0374. The Morgan fingerprint density at radius 3 is 2.88 bits per heavy atom. The van der Waals surface area contributed by atoms with E-state index in [0.717, 1.165) is 36.2 Å². The molecular formula is C20H21N3O3. The first-order chi connectivity index (χ1) is 12.8. The van der Waals surface area contributed by atoms with Crippen LogP contribution in [0.5, 0.6) is 11.5 Å². The number of ether oxygens (including phenoxy) is 2. The number of benzene rings is 2. The van der Waals surface area contributed by atoms with E-state index in [2.05, 4.69) is 15.3 Å². The van der Waals surface area contributed by atoms with Crippen LogP contribution in [0, 0.1) is 0 Å². The highest BCUT2D eigenvalue weighted by molar-refractivity contribution is 5.91. The number of phenols is 1. The number of para-hydroxylation sites is 2. The molecule has 0 radical (unpaired) electrons. The largest absolute Gasteiger partial charge is 0.504 e. The Kier molecular flexibility index (Phi) is 4.58. The molecule has 2 heterocycles. The number of rotatable bonds is 5. The van der Waals surface area contributed by atoms with Gasteiger partial charge in [-0.2, -0.15) is 0 Å². The molecule has 0 bridgehead atoms. The van der Waals surface area contributed by atoms with Crippen LogP contribution in [-0.2, 0) is 4.74 Å². The average molecular weight is 351 g/mol. The van der Waals surface area contributed by atoms with E-state index in [9.17, 15) is 5.11 Å². The fourth-order valence-electron chi connectivity index (χ4n) is 3.22. The van der Waals surface area contributed by atoms with E-state index < -0.39 is 0 Å². The first-order valence-corrected chi connectivity index (χ1v) is 8.75. The van der Waals surface area contributed by atoms with Gasteiger partial charge in [0, 0.05) is 18.5 Å². The van der Waals surface area contributed by atoms with Gasteiger partial charge in [-0.1, -0.05) is 18.2 Å². The number of hydrogen-bond acceptors (Lipinski definition) is 6. The van der Waals surface area contributed by atoms with Crippen molar-refractivity contribution < 1.29 is 14.6 Å². The summed E-state index contributed by atoms with van der Waals surface area (Å²) in [7, 11) is 1.52. The van der Waals surface area contributed by atoms with Crippen LogP contribution in [0.25, 0.3) is 22.3 Å². The van der Waals surface area contributed by atoms with Gasteiger partial charge in [-0.15, -0.1) is 0 Å². The number of phenolic OH excluding ortho intramolecular Hbond substituents is 1. The van der Waals surface area contributed by atoms with E-state index in [1.807, 2.05) is 30.3 Å². The Labute approximate surface area is 151 Å². The molecule has 0 aliphatic carbocycles. The molecule has 6 heteroatoms. The quantitative estimate of drug-likeness (QED) is 0.731. The molecule has 1 aliphatic heterocycles. The van der Waals surface area contributed by atoms with Crippen LogP contribution in [0.3, 0.4) is 0 Å². The lowest BCUT2D eigenvalue weighted by Crippen LogP contribution is -2.19. The second-order valence-corrected chi connectivity index (χ2v) is 6.29. The van der Waals surface area contributed by atoms with Crippen LogP contribution < -0.4 is 10.1 Å². The van der Waals surface area contributed by atoms with E-state index in [-0.39, 0.29) is 11.9 Å². The van der Waals surface area contributed by atoms with Crippen LogP contribution in [0.2, 0.25) is 0 Å². The Balaban J connectivity index is 1.76. The number of fused-ring (bicyclic) bond motifs is 1. The molecule has 134 valence electrons. The van der Waals surface area contributed by atoms with Crippen molar-refractivity contribution in [3.05, 3.63) is 42.5 Å². The summed E-state index contributed by atoms with van der Waals surface area (Å²) in [6.45, 7) is 1.52. The standard InChI is InChI=1S/C20H21N3O3/c1-25-17-10-4-8-15(18(17)24)20-22-16-9-3-2-7-14(16)19(23-20)21-12-13-6-5-11-26-13/h2-4,7-10,13,24H,5-6,11-12H2,1H3,(H,21,22,23)/t13-/m1/s1. The zero-order valence-electron chi connectivity index (χ0n) is 14.6. The maximum Gasteiger partial charge on any atom is 0.168 e. The van der Waals surface area contributed by atoms with Crippen LogP contribution in [0.4, 0.5) is 5.82 Å². The Bertz CT molecular complexity index is 923. The molecule has 1 aromatic heterocycles. The molecule has 0 saturated carbocycles. The van der Waals surface area contributed by atoms with Crippen molar-refractivity contribution in [2.24, 2.45) is 0 Å². The number of hydrogen-bond donors (Lipinski definition) is 2. The number of methoxy groups -OCH3 is 1. The van der Waals surface area contributed by atoms with Crippen molar-refractivity contribution in [3.63, 3.8) is 0 Å². The molecular weight excluding hydrogens is 330 g/mol. The summed E-state index contributed by atoms with van der Waals surface area (Å²) in [6.07, 6.45) is 2.36. The molecule has 0 amide bonds. The lowest BCUT2D eigenvalue weighted by Gasteiger charge is -2.15. The van der Waals surface area contributed by atoms with E-state index in [1.165, 1.54) is 7.11 Å². The van der Waals surface area contributed by atoms with E-state index >= 15 is 0 Å². The molecule has 6 nitrogen and oxygen atoms in total. The van der Waals surface area contributed by atoms with Gasteiger partial charge in [-0.25, -0.2) is 9.97 Å². The molecule has 0 unspecified atom stereocenters. The van der Waals surface area contributed by atoms with Gasteiger partial charge in [0.05, 0.1) is 24.3 Å². The smallest absolute Gasteiger partial charge is 0.168 e. The van der Waals surface area contributed by atoms with Crippen LogP contribution in [0.15, 0.2) is 42.5 Å². The molecule has 3 aromatic rings. The molecule has 1 aliphatic rings. The zero-order chi connectivity index (χ0) is 17.9. The summed E-state index contributed by atoms with van der Waals surface area (Å²) in [5, 5.41) is 14.8. The molecule has 1 fully saturated rings. The van der Waals surface area contributed by atoms with Crippen molar-refractivity contribution in [1.29, 1.82) is 0 Å². The number of nitrogens with zero attached hydrogens (tertiary/aromatic N) is 2. The zero-order valence-corrected chi connectivity index (χ0v) is 14.6. The number of anilines is 1. The van der Waals surface area contributed by atoms with Crippen molar-refractivity contribution in [1.82, 2.24) is 9.97 Å².